The van der Waals surface area contributed by atoms with Gasteiger partial charge in [-0.05, 0) is 31.5 Å². The van der Waals surface area contributed by atoms with Gasteiger partial charge in [0.15, 0.2) is 0 Å². The molecule has 0 atom stereocenters. The molecule has 0 spiro atoms. The van der Waals surface area contributed by atoms with Gasteiger partial charge in [0, 0.05) is 32.7 Å². The Balaban J connectivity index is 1.89. The number of aliphatic hydroxyl groups is 1. The summed E-state index contributed by atoms with van der Waals surface area (Å²) in [5.74, 6) is 1.79. The Labute approximate surface area is 157 Å². The van der Waals surface area contributed by atoms with Crippen LogP contribution in [0, 0.1) is 6.92 Å². The summed E-state index contributed by atoms with van der Waals surface area (Å²) in [5.41, 5.74) is 4.53. The molecule has 0 bridgehead atoms. The van der Waals surface area contributed by atoms with Crippen LogP contribution in [-0.4, -0.2) is 40.3 Å². The number of aromatic nitrogens is 3. The number of hydrogen-bond donors (Lipinski definition) is 1. The van der Waals surface area contributed by atoms with Gasteiger partial charge in [-0.15, -0.1) is 0 Å². The molecule has 0 amide bonds. The first kappa shape index (κ1) is 17.1. The van der Waals surface area contributed by atoms with E-state index in [0.29, 0.717) is 5.02 Å². The lowest BCUT2D eigenvalue weighted by molar-refractivity contribution is 0.283. The first-order chi connectivity index (χ1) is 12.5. The van der Waals surface area contributed by atoms with Gasteiger partial charge < -0.3 is 19.5 Å². The number of rotatable bonds is 3. The molecule has 1 aliphatic heterocycles. The predicted octanol–water partition coefficient (Wildman–Crippen LogP) is 3.49. The summed E-state index contributed by atoms with van der Waals surface area (Å²) in [6, 6.07) is 7.80. The Kier molecular flexibility index (Phi) is 4.25. The van der Waals surface area contributed by atoms with Crippen molar-refractivity contribution in [1.82, 2.24) is 14.5 Å². The van der Waals surface area contributed by atoms with Gasteiger partial charge >= 0.3 is 0 Å². The third kappa shape index (κ3) is 2.61. The second-order valence-corrected chi connectivity index (χ2v) is 7.21. The van der Waals surface area contributed by atoms with Crippen LogP contribution in [0.4, 0.5) is 17.5 Å². The van der Waals surface area contributed by atoms with E-state index in [1.54, 1.807) is 6.07 Å². The molecule has 136 valence electrons. The Morgan fingerprint density at radius 3 is 2.65 bits per heavy atom. The van der Waals surface area contributed by atoms with Crippen LogP contribution < -0.4 is 9.80 Å². The highest BCUT2D eigenvalue weighted by Crippen LogP contribution is 2.37. The quantitative estimate of drug-likeness (QED) is 0.763. The molecule has 26 heavy (non-hydrogen) atoms. The minimum Gasteiger partial charge on any atom is -0.392 e. The van der Waals surface area contributed by atoms with Crippen molar-refractivity contribution in [3.63, 3.8) is 0 Å². The molecule has 2 aromatic heterocycles. The Morgan fingerprint density at radius 2 is 1.96 bits per heavy atom. The van der Waals surface area contributed by atoms with Crippen LogP contribution in [0.25, 0.3) is 11.0 Å². The van der Waals surface area contributed by atoms with Gasteiger partial charge in [0.05, 0.1) is 28.5 Å². The number of aryl methyl sites for hydroxylation is 2. The van der Waals surface area contributed by atoms with Crippen LogP contribution >= 0.6 is 11.6 Å². The molecule has 1 aromatic carbocycles. The number of aliphatic hydroxyl groups excluding tert-OH is 1. The maximum atomic E-state index is 9.74. The zero-order chi connectivity index (χ0) is 18.4. The predicted molar refractivity (Wildman–Crippen MR) is 106 cm³/mol. The highest BCUT2D eigenvalue weighted by Gasteiger charge is 2.26. The maximum Gasteiger partial charge on any atom is 0.211 e. The van der Waals surface area contributed by atoms with Gasteiger partial charge in [-0.2, -0.15) is 0 Å². The molecular formula is C19H22ClN5O. The van der Waals surface area contributed by atoms with Crippen LogP contribution in [0.3, 0.4) is 0 Å². The lowest BCUT2D eigenvalue weighted by Crippen LogP contribution is -2.29. The minimum atomic E-state index is -0.0308. The van der Waals surface area contributed by atoms with Crippen LogP contribution in [0.1, 0.15) is 17.7 Å². The van der Waals surface area contributed by atoms with Gasteiger partial charge in [-0.3, -0.25) is 0 Å². The lowest BCUT2D eigenvalue weighted by atomic mass is 10.2. The Bertz CT molecular complexity index is 982. The molecule has 0 saturated heterocycles. The fraction of sp³-hybridized carbons (Fsp3) is 0.368. The van der Waals surface area contributed by atoms with E-state index in [1.807, 2.05) is 38.1 Å². The smallest absolute Gasteiger partial charge is 0.211 e. The maximum absolute atomic E-state index is 9.74. The monoisotopic (exact) mass is 371 g/mol. The summed E-state index contributed by atoms with van der Waals surface area (Å²) in [6.45, 7) is 3.73. The molecule has 0 fully saturated rings. The summed E-state index contributed by atoms with van der Waals surface area (Å²) in [7, 11) is 3.97. The number of imidazole rings is 1. The standard InChI is InChI=1S/C19H22ClN5O/c1-12-15(7-8-16(21-12)23(2)3)24-9-4-10-25-18-13(11-26)5-6-14(20)17(18)22-19(24)25/h5-8,26H,4,9-11H2,1-3H3. The van der Waals surface area contributed by atoms with E-state index in [4.69, 9.17) is 21.6 Å². The molecule has 0 aliphatic carbocycles. The summed E-state index contributed by atoms with van der Waals surface area (Å²) in [5, 5.41) is 10.4. The average Bonchev–Trinajstić information content (AvgIpc) is 3.03. The van der Waals surface area contributed by atoms with E-state index < -0.39 is 0 Å². The van der Waals surface area contributed by atoms with Gasteiger partial charge in [-0.25, -0.2) is 9.97 Å². The number of pyridine rings is 1. The molecule has 4 rings (SSSR count). The first-order valence-electron chi connectivity index (χ1n) is 8.72. The van der Waals surface area contributed by atoms with Gasteiger partial charge in [0.2, 0.25) is 5.95 Å². The van der Waals surface area contributed by atoms with Crippen LogP contribution in [-0.2, 0) is 13.2 Å². The number of hydrogen-bond acceptors (Lipinski definition) is 5. The van der Waals surface area contributed by atoms with E-state index in [0.717, 1.165) is 59.3 Å². The zero-order valence-corrected chi connectivity index (χ0v) is 16.0. The van der Waals surface area contributed by atoms with Crippen LogP contribution in [0.15, 0.2) is 24.3 Å². The van der Waals surface area contributed by atoms with E-state index in [1.165, 1.54) is 0 Å². The third-order valence-electron chi connectivity index (χ3n) is 4.88. The molecule has 6 nitrogen and oxygen atoms in total. The Morgan fingerprint density at radius 1 is 1.15 bits per heavy atom. The second kappa shape index (κ2) is 6.45. The van der Waals surface area contributed by atoms with E-state index in [2.05, 4.69) is 15.5 Å². The molecule has 3 heterocycles. The van der Waals surface area contributed by atoms with Crippen molar-refractivity contribution >= 4 is 40.1 Å². The minimum absolute atomic E-state index is 0.0308. The highest BCUT2D eigenvalue weighted by atomic mass is 35.5. The fourth-order valence-corrected chi connectivity index (χ4v) is 3.79. The number of anilines is 3. The number of fused-ring (bicyclic) bond motifs is 3. The zero-order valence-electron chi connectivity index (χ0n) is 15.2. The number of benzene rings is 1. The Hall–Kier alpha value is -2.31. The highest BCUT2D eigenvalue weighted by molar-refractivity contribution is 6.35. The van der Waals surface area contributed by atoms with Gasteiger partial charge in [-0.1, -0.05) is 17.7 Å². The van der Waals surface area contributed by atoms with Gasteiger partial charge in [0.25, 0.3) is 0 Å². The molecular weight excluding hydrogens is 350 g/mol. The molecule has 3 aromatic rings. The molecule has 0 saturated carbocycles. The first-order valence-corrected chi connectivity index (χ1v) is 9.10. The molecule has 0 radical (unpaired) electrons. The summed E-state index contributed by atoms with van der Waals surface area (Å²) in [6.07, 6.45) is 0.991. The van der Waals surface area contributed by atoms with E-state index >= 15 is 0 Å². The van der Waals surface area contributed by atoms with E-state index in [-0.39, 0.29) is 6.61 Å². The van der Waals surface area contributed by atoms with Crippen LogP contribution in [0.2, 0.25) is 5.02 Å². The van der Waals surface area contributed by atoms with Crippen molar-refractivity contribution in [1.29, 1.82) is 0 Å². The number of halogens is 1. The van der Waals surface area contributed by atoms with E-state index in [9.17, 15) is 5.11 Å². The van der Waals surface area contributed by atoms with Crippen molar-refractivity contribution in [3.05, 3.63) is 40.5 Å². The van der Waals surface area contributed by atoms with Crippen molar-refractivity contribution in [2.45, 2.75) is 26.5 Å². The normalized spacial score (nSPS) is 14.0. The molecule has 1 aliphatic rings. The molecule has 7 heteroatoms. The average molecular weight is 372 g/mol. The SMILES string of the molecule is Cc1nc(N(C)C)ccc1N1CCCn2c1nc1c(Cl)ccc(CO)c12. The fourth-order valence-electron chi connectivity index (χ4n) is 3.60. The van der Waals surface area contributed by atoms with Gasteiger partial charge in [0.1, 0.15) is 11.3 Å². The summed E-state index contributed by atoms with van der Waals surface area (Å²) < 4.78 is 2.16. The molecule has 0 unspecified atom stereocenters. The van der Waals surface area contributed by atoms with Crippen molar-refractivity contribution in [2.75, 3.05) is 30.4 Å². The molecule has 1 N–H and O–H groups in total. The number of nitrogens with zero attached hydrogens (tertiary/aromatic N) is 5. The largest absolute Gasteiger partial charge is 0.392 e. The van der Waals surface area contributed by atoms with Crippen molar-refractivity contribution in [3.8, 4) is 0 Å². The third-order valence-corrected chi connectivity index (χ3v) is 5.18. The summed E-state index contributed by atoms with van der Waals surface area (Å²) >= 11 is 6.39. The van der Waals surface area contributed by atoms with Crippen LogP contribution in [0.5, 0.6) is 0 Å². The summed E-state index contributed by atoms with van der Waals surface area (Å²) in [4.78, 5) is 13.7. The van der Waals surface area contributed by atoms with Crippen molar-refractivity contribution in [2.24, 2.45) is 0 Å². The topological polar surface area (TPSA) is 57.4 Å². The second-order valence-electron chi connectivity index (χ2n) is 6.80. The lowest BCUT2D eigenvalue weighted by Gasteiger charge is -2.30. The van der Waals surface area contributed by atoms with Crippen molar-refractivity contribution < 1.29 is 5.11 Å².